The Morgan fingerprint density at radius 2 is 1.65 bits per heavy atom. The second-order valence-electron chi connectivity index (χ2n) is 6.11. The predicted molar refractivity (Wildman–Crippen MR) is 89.2 cm³/mol. The number of aryl methyl sites for hydroxylation is 1. The van der Waals surface area contributed by atoms with Gasteiger partial charge in [0.2, 0.25) is 0 Å². The molecule has 0 bridgehead atoms. The Bertz CT molecular complexity index is 929. The van der Waals surface area contributed by atoms with Gasteiger partial charge in [0, 0.05) is 32.2 Å². The molecule has 4 rings (SSSR count). The number of alkyl halides is 3. The maximum Gasteiger partial charge on any atom is 0.433 e. The molecule has 26 heavy (non-hydrogen) atoms. The number of aromatic nitrogens is 5. The highest BCUT2D eigenvalue weighted by Crippen LogP contribution is 2.29. The lowest BCUT2D eigenvalue weighted by Crippen LogP contribution is -2.47. The van der Waals surface area contributed by atoms with Crippen LogP contribution in [0.1, 0.15) is 11.4 Å². The first-order chi connectivity index (χ1) is 12.4. The highest BCUT2D eigenvalue weighted by Gasteiger charge is 2.33. The third kappa shape index (κ3) is 3.14. The number of hydrogen-bond acceptors (Lipinski definition) is 6. The summed E-state index contributed by atoms with van der Waals surface area (Å²) in [7, 11) is 0. The van der Waals surface area contributed by atoms with E-state index in [4.69, 9.17) is 0 Å². The average molecular weight is 363 g/mol. The smallest absolute Gasteiger partial charge is 0.353 e. The summed E-state index contributed by atoms with van der Waals surface area (Å²) in [6.07, 6.45) is -1.65. The minimum atomic E-state index is -4.47. The molecule has 0 aliphatic carbocycles. The molecule has 0 amide bonds. The van der Waals surface area contributed by atoms with Crippen molar-refractivity contribution in [2.24, 2.45) is 0 Å². The van der Waals surface area contributed by atoms with Crippen LogP contribution in [-0.2, 0) is 6.18 Å². The van der Waals surface area contributed by atoms with E-state index in [0.717, 1.165) is 29.6 Å². The molecule has 0 saturated carbocycles. The highest BCUT2D eigenvalue weighted by atomic mass is 19.4. The maximum absolute atomic E-state index is 12.8. The molecule has 4 heterocycles. The number of imidazole rings is 1. The van der Waals surface area contributed by atoms with Crippen LogP contribution in [0.25, 0.3) is 5.65 Å². The average Bonchev–Trinajstić information content (AvgIpc) is 3.00. The van der Waals surface area contributed by atoms with Crippen molar-refractivity contribution >= 4 is 17.3 Å². The Hall–Kier alpha value is -2.91. The van der Waals surface area contributed by atoms with Crippen molar-refractivity contribution in [2.75, 3.05) is 36.0 Å². The van der Waals surface area contributed by atoms with E-state index in [1.54, 1.807) is 4.52 Å². The molecule has 136 valence electrons. The molecule has 0 atom stereocenters. The number of anilines is 2. The van der Waals surface area contributed by atoms with E-state index >= 15 is 0 Å². The Kier molecular flexibility index (Phi) is 3.89. The summed E-state index contributed by atoms with van der Waals surface area (Å²) in [6, 6.07) is 4.81. The summed E-state index contributed by atoms with van der Waals surface area (Å²) in [5, 5.41) is 4.55. The second-order valence-corrected chi connectivity index (χ2v) is 6.11. The largest absolute Gasteiger partial charge is 0.433 e. The van der Waals surface area contributed by atoms with Gasteiger partial charge in [-0.15, -0.1) is 5.10 Å². The second kappa shape index (κ2) is 6.11. The molecule has 10 heteroatoms. The van der Waals surface area contributed by atoms with E-state index < -0.39 is 11.9 Å². The van der Waals surface area contributed by atoms with E-state index in [1.165, 1.54) is 0 Å². The topological polar surface area (TPSA) is 62.5 Å². The van der Waals surface area contributed by atoms with Crippen molar-refractivity contribution < 1.29 is 13.2 Å². The summed E-state index contributed by atoms with van der Waals surface area (Å²) in [6.45, 7) is 4.28. The van der Waals surface area contributed by atoms with Crippen LogP contribution in [-0.4, -0.2) is 50.7 Å². The standard InChI is InChI=1S/C16H16F3N7/c1-11-9-26-13(22-11)2-3-14(23-26)24-4-6-25(7-5-24)15-8-12(16(17,18)19)20-10-21-15/h2-3,8-10H,4-7H2,1H3. The highest BCUT2D eigenvalue weighted by molar-refractivity contribution is 5.49. The summed E-state index contributed by atoms with van der Waals surface area (Å²) in [5.74, 6) is 1.11. The Labute approximate surface area is 147 Å². The summed E-state index contributed by atoms with van der Waals surface area (Å²) in [4.78, 5) is 15.6. The van der Waals surface area contributed by atoms with Crippen molar-refractivity contribution in [3.8, 4) is 0 Å². The molecule has 1 saturated heterocycles. The summed E-state index contributed by atoms with van der Waals surface area (Å²) >= 11 is 0. The molecule has 1 aliphatic rings. The van der Waals surface area contributed by atoms with Gasteiger partial charge in [0.15, 0.2) is 5.65 Å². The number of hydrogen-bond donors (Lipinski definition) is 0. The summed E-state index contributed by atoms with van der Waals surface area (Å²) < 4.78 is 40.2. The molecule has 0 N–H and O–H groups in total. The fourth-order valence-corrected chi connectivity index (χ4v) is 3.00. The van der Waals surface area contributed by atoms with E-state index in [9.17, 15) is 13.2 Å². The van der Waals surface area contributed by atoms with Crippen molar-refractivity contribution in [1.29, 1.82) is 0 Å². The van der Waals surface area contributed by atoms with E-state index in [2.05, 4.69) is 25.0 Å². The molecule has 3 aromatic rings. The van der Waals surface area contributed by atoms with Gasteiger partial charge in [-0.3, -0.25) is 0 Å². The number of fused-ring (bicyclic) bond motifs is 1. The van der Waals surface area contributed by atoms with Gasteiger partial charge in [-0.1, -0.05) is 0 Å². The first kappa shape index (κ1) is 16.6. The van der Waals surface area contributed by atoms with Crippen LogP contribution >= 0.6 is 0 Å². The molecule has 0 radical (unpaired) electrons. The number of rotatable bonds is 2. The van der Waals surface area contributed by atoms with Crippen LogP contribution in [0.3, 0.4) is 0 Å². The number of halogens is 3. The van der Waals surface area contributed by atoms with Gasteiger partial charge in [-0.25, -0.2) is 19.5 Å². The first-order valence-corrected chi connectivity index (χ1v) is 8.12. The van der Waals surface area contributed by atoms with Crippen molar-refractivity contribution in [1.82, 2.24) is 24.6 Å². The Morgan fingerprint density at radius 1 is 0.962 bits per heavy atom. The SMILES string of the molecule is Cc1cn2nc(N3CCN(c4cc(C(F)(F)F)ncn4)CC3)ccc2n1. The van der Waals surface area contributed by atoms with Crippen LogP contribution in [0, 0.1) is 6.92 Å². The Balaban J connectivity index is 1.48. The molecule has 7 nitrogen and oxygen atoms in total. The lowest BCUT2D eigenvalue weighted by molar-refractivity contribution is -0.141. The van der Waals surface area contributed by atoms with Crippen LogP contribution in [0.2, 0.25) is 0 Å². The third-order valence-corrected chi connectivity index (χ3v) is 4.30. The van der Waals surface area contributed by atoms with Gasteiger partial charge >= 0.3 is 6.18 Å². The monoisotopic (exact) mass is 363 g/mol. The minimum Gasteiger partial charge on any atom is -0.353 e. The zero-order valence-electron chi connectivity index (χ0n) is 14.0. The number of nitrogens with zero attached hydrogens (tertiary/aromatic N) is 7. The molecule has 0 aromatic carbocycles. The van der Waals surface area contributed by atoms with Gasteiger partial charge in [0.05, 0.1) is 11.9 Å². The lowest BCUT2D eigenvalue weighted by Gasteiger charge is -2.36. The van der Waals surface area contributed by atoms with Crippen LogP contribution < -0.4 is 9.80 Å². The van der Waals surface area contributed by atoms with Crippen molar-refractivity contribution in [3.05, 3.63) is 42.1 Å². The first-order valence-electron chi connectivity index (χ1n) is 8.12. The fraction of sp³-hybridized carbons (Fsp3) is 0.375. The fourth-order valence-electron chi connectivity index (χ4n) is 3.00. The molecule has 1 aliphatic heterocycles. The van der Waals surface area contributed by atoms with Crippen LogP contribution in [0.15, 0.2) is 30.7 Å². The van der Waals surface area contributed by atoms with Gasteiger partial charge < -0.3 is 9.80 Å². The molecule has 0 unspecified atom stereocenters. The van der Waals surface area contributed by atoms with E-state index in [1.807, 2.05) is 30.2 Å². The van der Waals surface area contributed by atoms with Gasteiger partial charge in [0.25, 0.3) is 0 Å². The lowest BCUT2D eigenvalue weighted by atomic mass is 10.3. The van der Waals surface area contributed by atoms with Gasteiger partial charge in [0.1, 0.15) is 23.7 Å². The predicted octanol–water partition coefficient (Wildman–Crippen LogP) is 2.17. The third-order valence-electron chi connectivity index (χ3n) is 4.30. The Morgan fingerprint density at radius 3 is 2.35 bits per heavy atom. The van der Waals surface area contributed by atoms with Crippen LogP contribution in [0.5, 0.6) is 0 Å². The van der Waals surface area contributed by atoms with E-state index in [-0.39, 0.29) is 0 Å². The zero-order valence-corrected chi connectivity index (χ0v) is 14.0. The van der Waals surface area contributed by atoms with Crippen molar-refractivity contribution in [2.45, 2.75) is 13.1 Å². The minimum absolute atomic E-state index is 0.292. The van der Waals surface area contributed by atoms with Gasteiger partial charge in [-0.2, -0.15) is 13.2 Å². The normalized spacial score (nSPS) is 15.7. The maximum atomic E-state index is 12.8. The molecule has 3 aromatic heterocycles. The molecule has 1 fully saturated rings. The summed E-state index contributed by atoms with van der Waals surface area (Å²) in [5.41, 5.74) is 0.752. The number of piperazine rings is 1. The molecular weight excluding hydrogens is 347 g/mol. The molecular formula is C16H16F3N7. The van der Waals surface area contributed by atoms with Crippen LogP contribution in [0.4, 0.5) is 24.8 Å². The van der Waals surface area contributed by atoms with Crippen molar-refractivity contribution in [3.63, 3.8) is 0 Å². The molecule has 0 spiro atoms. The van der Waals surface area contributed by atoms with E-state index in [0.29, 0.717) is 32.0 Å². The van der Waals surface area contributed by atoms with Gasteiger partial charge in [-0.05, 0) is 19.1 Å². The quantitative estimate of drug-likeness (QED) is 0.695. The zero-order chi connectivity index (χ0) is 18.3.